The van der Waals surface area contributed by atoms with E-state index in [9.17, 15) is 18.3 Å². The largest absolute Gasteiger partial charge is 0.478 e. The molecule has 0 unspecified atom stereocenters. The second kappa shape index (κ2) is 11.6. The second-order valence-electron chi connectivity index (χ2n) is 8.34. The van der Waals surface area contributed by atoms with Crippen LogP contribution in [0.5, 0.6) is 0 Å². The van der Waals surface area contributed by atoms with Crippen molar-refractivity contribution in [3.8, 4) is 0 Å². The van der Waals surface area contributed by atoms with E-state index < -0.39 is 16.0 Å². The molecule has 1 aliphatic rings. The van der Waals surface area contributed by atoms with Crippen LogP contribution in [0.2, 0.25) is 0 Å². The van der Waals surface area contributed by atoms with Crippen molar-refractivity contribution in [1.29, 1.82) is 0 Å². The van der Waals surface area contributed by atoms with Crippen LogP contribution in [0.25, 0.3) is 0 Å². The summed E-state index contributed by atoms with van der Waals surface area (Å²) in [5.41, 5.74) is 2.67. The van der Waals surface area contributed by atoms with Crippen molar-refractivity contribution in [3.63, 3.8) is 0 Å². The van der Waals surface area contributed by atoms with E-state index in [0.717, 1.165) is 11.1 Å². The lowest BCUT2D eigenvalue weighted by molar-refractivity contribution is 0.0694. The molecular weight excluding hydrogens is 498 g/mol. The Morgan fingerprint density at radius 1 is 1.00 bits per heavy atom. The van der Waals surface area contributed by atoms with Gasteiger partial charge in [-0.2, -0.15) is 4.31 Å². The fraction of sp³-hybridized carbons (Fsp3) is 0.240. The number of rotatable bonds is 8. The van der Waals surface area contributed by atoms with E-state index in [-0.39, 0.29) is 10.5 Å². The maximum absolute atomic E-state index is 13.2. The van der Waals surface area contributed by atoms with E-state index in [4.69, 9.17) is 12.2 Å². The highest BCUT2D eigenvalue weighted by Gasteiger charge is 2.28. The molecule has 1 fully saturated rings. The Kier molecular flexibility index (Phi) is 8.26. The van der Waals surface area contributed by atoms with Crippen LogP contribution in [0.15, 0.2) is 78.0 Å². The summed E-state index contributed by atoms with van der Waals surface area (Å²) < 4.78 is 27.8. The van der Waals surface area contributed by atoms with Gasteiger partial charge >= 0.3 is 5.97 Å². The molecule has 36 heavy (non-hydrogen) atoms. The first-order valence-electron chi connectivity index (χ1n) is 11.4. The molecule has 9 nitrogen and oxygen atoms in total. The molecule has 1 saturated heterocycles. The van der Waals surface area contributed by atoms with Crippen molar-refractivity contribution >= 4 is 39.0 Å². The summed E-state index contributed by atoms with van der Waals surface area (Å²) >= 11 is 5.32. The third kappa shape index (κ3) is 6.43. The number of anilines is 1. The van der Waals surface area contributed by atoms with Crippen LogP contribution in [0, 0.1) is 0 Å². The molecule has 0 spiro atoms. The van der Waals surface area contributed by atoms with Crippen LogP contribution in [-0.2, 0) is 23.1 Å². The Balaban J connectivity index is 1.30. The molecule has 0 saturated carbocycles. The summed E-state index contributed by atoms with van der Waals surface area (Å²) in [4.78, 5) is 17.8. The fourth-order valence-electron chi connectivity index (χ4n) is 3.96. The van der Waals surface area contributed by atoms with Gasteiger partial charge in [-0.25, -0.2) is 13.2 Å². The number of thiocarbonyl (C=S) groups is 1. The molecule has 0 radical (unpaired) electrons. The van der Waals surface area contributed by atoms with E-state index in [1.54, 1.807) is 54.9 Å². The second-order valence-corrected chi connectivity index (χ2v) is 10.7. The van der Waals surface area contributed by atoms with E-state index in [1.807, 2.05) is 18.2 Å². The summed E-state index contributed by atoms with van der Waals surface area (Å²) in [6.45, 7) is 2.69. The molecule has 2 aromatic carbocycles. The molecule has 3 aromatic rings. The van der Waals surface area contributed by atoms with Crippen molar-refractivity contribution in [3.05, 3.63) is 89.7 Å². The molecule has 2 heterocycles. The molecule has 188 valence electrons. The molecular formula is C25H27N5O4S2. The number of nitrogens with one attached hydrogen (secondary N) is 2. The van der Waals surface area contributed by atoms with Gasteiger partial charge in [0.25, 0.3) is 0 Å². The van der Waals surface area contributed by atoms with Gasteiger partial charge in [0.2, 0.25) is 10.0 Å². The third-order valence-electron chi connectivity index (χ3n) is 5.90. The molecule has 0 atom stereocenters. The lowest BCUT2D eigenvalue weighted by atomic mass is 10.1. The smallest absolute Gasteiger partial charge is 0.336 e. The number of hydrogen-bond acceptors (Lipinski definition) is 6. The number of nitrogens with zero attached hydrogens (tertiary/aromatic N) is 3. The Morgan fingerprint density at radius 2 is 1.72 bits per heavy atom. The SMILES string of the molecule is O=C(O)c1ccccc1CN1CCN(S(=O)(=O)c2ccc(NC(=S)NCc3cccnc3)cc2)CC1. The highest BCUT2D eigenvalue weighted by Crippen LogP contribution is 2.21. The van der Waals surface area contributed by atoms with Crippen LogP contribution in [0.4, 0.5) is 5.69 Å². The van der Waals surface area contributed by atoms with Crippen molar-refractivity contribution in [1.82, 2.24) is 19.5 Å². The normalized spacial score (nSPS) is 14.8. The molecule has 11 heteroatoms. The van der Waals surface area contributed by atoms with E-state index >= 15 is 0 Å². The summed E-state index contributed by atoms with van der Waals surface area (Å²) in [7, 11) is -3.64. The average molecular weight is 526 g/mol. The van der Waals surface area contributed by atoms with Crippen LogP contribution in [-0.4, -0.2) is 65.0 Å². The van der Waals surface area contributed by atoms with E-state index in [0.29, 0.717) is 50.1 Å². The highest BCUT2D eigenvalue weighted by atomic mass is 32.2. The number of carboxylic acid groups (broad SMARTS) is 1. The number of aromatic carboxylic acids is 1. The first-order valence-corrected chi connectivity index (χ1v) is 13.3. The number of pyridine rings is 1. The zero-order chi connectivity index (χ0) is 25.5. The summed E-state index contributed by atoms with van der Waals surface area (Å²) in [5.74, 6) is -0.963. The molecule has 0 bridgehead atoms. The minimum Gasteiger partial charge on any atom is -0.478 e. The molecule has 1 aromatic heterocycles. The summed E-state index contributed by atoms with van der Waals surface area (Å²) in [6, 6.07) is 17.2. The molecule has 1 aliphatic heterocycles. The first kappa shape index (κ1) is 25.7. The van der Waals surface area contributed by atoms with Crippen molar-refractivity contribution < 1.29 is 18.3 Å². The lowest BCUT2D eigenvalue weighted by Crippen LogP contribution is -2.48. The highest BCUT2D eigenvalue weighted by molar-refractivity contribution is 7.89. The summed E-state index contributed by atoms with van der Waals surface area (Å²) in [5, 5.41) is 16.0. The first-order chi connectivity index (χ1) is 17.3. The number of carbonyl (C=O) groups is 1. The Labute approximate surface area is 215 Å². The number of sulfonamides is 1. The minimum absolute atomic E-state index is 0.215. The van der Waals surface area contributed by atoms with Crippen molar-refractivity contribution in [2.24, 2.45) is 0 Å². The zero-order valence-electron chi connectivity index (χ0n) is 19.5. The minimum atomic E-state index is -3.64. The third-order valence-corrected chi connectivity index (χ3v) is 8.06. The van der Waals surface area contributed by atoms with Gasteiger partial charge in [-0.3, -0.25) is 9.88 Å². The number of aromatic nitrogens is 1. The number of hydrogen-bond donors (Lipinski definition) is 3. The standard InChI is InChI=1S/C25H27N5O4S2/c31-24(32)23-6-2-1-5-20(23)18-29-12-14-30(15-13-29)36(33,34)22-9-7-21(8-10-22)28-25(35)27-17-19-4-3-11-26-16-19/h1-11,16H,12-15,17-18H2,(H,31,32)(H2,27,28,35). The molecule has 4 rings (SSSR count). The molecule has 0 aliphatic carbocycles. The number of carboxylic acids is 1. The fourth-order valence-corrected chi connectivity index (χ4v) is 5.57. The number of benzene rings is 2. The maximum atomic E-state index is 13.2. The van der Waals surface area contributed by atoms with Gasteiger partial charge in [-0.15, -0.1) is 0 Å². The Hall–Kier alpha value is -3.38. The van der Waals surface area contributed by atoms with Gasteiger partial charge in [-0.05, 0) is 59.7 Å². The van der Waals surface area contributed by atoms with Crippen LogP contribution in [0.3, 0.4) is 0 Å². The average Bonchev–Trinajstić information content (AvgIpc) is 2.89. The predicted molar refractivity (Wildman–Crippen MR) is 141 cm³/mol. The number of piperazine rings is 1. The van der Waals surface area contributed by atoms with Crippen LogP contribution >= 0.6 is 12.2 Å². The van der Waals surface area contributed by atoms with Crippen LogP contribution < -0.4 is 10.6 Å². The molecule has 3 N–H and O–H groups in total. The van der Waals surface area contributed by atoms with Gasteiger partial charge in [-0.1, -0.05) is 24.3 Å². The van der Waals surface area contributed by atoms with Crippen LogP contribution in [0.1, 0.15) is 21.5 Å². The van der Waals surface area contributed by atoms with Gasteiger partial charge < -0.3 is 15.7 Å². The van der Waals surface area contributed by atoms with E-state index in [1.165, 1.54) is 4.31 Å². The Bertz CT molecular complexity index is 1310. The summed E-state index contributed by atoms with van der Waals surface area (Å²) in [6.07, 6.45) is 3.46. The maximum Gasteiger partial charge on any atom is 0.336 e. The molecule has 0 amide bonds. The van der Waals surface area contributed by atoms with Gasteiger partial charge in [0.05, 0.1) is 10.5 Å². The van der Waals surface area contributed by atoms with Gasteiger partial charge in [0, 0.05) is 57.3 Å². The quantitative estimate of drug-likeness (QED) is 0.382. The lowest BCUT2D eigenvalue weighted by Gasteiger charge is -2.34. The topological polar surface area (TPSA) is 115 Å². The van der Waals surface area contributed by atoms with Crippen molar-refractivity contribution in [2.45, 2.75) is 18.0 Å². The predicted octanol–water partition coefficient (Wildman–Crippen LogP) is 2.77. The van der Waals surface area contributed by atoms with Gasteiger partial charge in [0.15, 0.2) is 5.11 Å². The van der Waals surface area contributed by atoms with Crippen molar-refractivity contribution in [2.75, 3.05) is 31.5 Å². The van der Waals surface area contributed by atoms with Gasteiger partial charge in [0.1, 0.15) is 0 Å². The van der Waals surface area contributed by atoms with E-state index in [2.05, 4.69) is 20.5 Å². The monoisotopic (exact) mass is 525 g/mol. The Morgan fingerprint density at radius 3 is 2.39 bits per heavy atom. The zero-order valence-corrected chi connectivity index (χ0v) is 21.1.